The van der Waals surface area contributed by atoms with Crippen molar-refractivity contribution in [1.29, 1.82) is 0 Å². The number of hydrogen-bond acceptors (Lipinski definition) is 3. The number of benzene rings is 2. The van der Waals surface area contributed by atoms with Gasteiger partial charge >= 0.3 is 0 Å². The van der Waals surface area contributed by atoms with Crippen molar-refractivity contribution >= 4 is 56.2 Å². The predicted octanol–water partition coefficient (Wildman–Crippen LogP) is 5.58. The van der Waals surface area contributed by atoms with E-state index in [9.17, 15) is 9.59 Å². The monoisotopic (exact) mass is 433 g/mol. The molecule has 1 N–H and O–H groups in total. The number of carbonyl (C=O) groups excluding carboxylic acids is 2. The summed E-state index contributed by atoms with van der Waals surface area (Å²) < 4.78 is 1.42. The lowest BCUT2D eigenvalue weighted by Gasteiger charge is -2.11. The maximum absolute atomic E-state index is 12.8. The van der Waals surface area contributed by atoms with Crippen molar-refractivity contribution in [2.45, 2.75) is 6.42 Å². The Morgan fingerprint density at radius 3 is 2.48 bits per heavy atom. The predicted molar refractivity (Wildman–Crippen MR) is 106 cm³/mol. The lowest BCUT2D eigenvalue weighted by molar-refractivity contribution is -0.115. The van der Waals surface area contributed by atoms with Crippen LogP contribution in [0.25, 0.3) is 0 Å². The van der Waals surface area contributed by atoms with Gasteiger partial charge in [-0.25, -0.2) is 0 Å². The number of amides is 1. The van der Waals surface area contributed by atoms with Crippen molar-refractivity contribution in [2.24, 2.45) is 0 Å². The van der Waals surface area contributed by atoms with E-state index in [2.05, 4.69) is 21.2 Å². The minimum Gasteiger partial charge on any atom is -0.325 e. The minimum absolute atomic E-state index is 0.142. The number of rotatable bonds is 5. The Morgan fingerprint density at radius 1 is 1.04 bits per heavy atom. The third-order valence-corrected chi connectivity index (χ3v) is 5.22. The molecule has 0 saturated heterocycles. The summed E-state index contributed by atoms with van der Waals surface area (Å²) in [5.74, 6) is -0.334. The van der Waals surface area contributed by atoms with Gasteiger partial charge in [-0.05, 0) is 30.3 Å². The summed E-state index contributed by atoms with van der Waals surface area (Å²) in [5.41, 5.74) is 1.50. The van der Waals surface area contributed by atoms with E-state index in [1.807, 2.05) is 24.3 Å². The van der Waals surface area contributed by atoms with Gasteiger partial charge in [0, 0.05) is 20.5 Å². The molecule has 6 heteroatoms. The summed E-state index contributed by atoms with van der Waals surface area (Å²) in [7, 11) is 0. The molecule has 0 bridgehead atoms. The molecule has 0 aliphatic rings. The second kappa shape index (κ2) is 7.95. The molecule has 0 aliphatic carbocycles. The summed E-state index contributed by atoms with van der Waals surface area (Å²) >= 11 is 10.6. The first-order chi connectivity index (χ1) is 12.0. The fourth-order valence-corrected chi connectivity index (χ4v) is 3.81. The van der Waals surface area contributed by atoms with E-state index in [1.54, 1.807) is 36.4 Å². The van der Waals surface area contributed by atoms with E-state index >= 15 is 0 Å². The van der Waals surface area contributed by atoms with E-state index < -0.39 is 0 Å². The summed E-state index contributed by atoms with van der Waals surface area (Å²) in [6.45, 7) is 0. The van der Waals surface area contributed by atoms with Crippen molar-refractivity contribution in [3.05, 3.63) is 85.5 Å². The highest BCUT2D eigenvalue weighted by Crippen LogP contribution is 2.25. The highest BCUT2D eigenvalue weighted by molar-refractivity contribution is 9.10. The molecule has 0 radical (unpaired) electrons. The molecular weight excluding hydrogens is 422 g/mol. The zero-order valence-electron chi connectivity index (χ0n) is 13.0. The Morgan fingerprint density at radius 2 is 1.80 bits per heavy atom. The molecule has 1 heterocycles. The summed E-state index contributed by atoms with van der Waals surface area (Å²) in [6, 6.07) is 17.8. The van der Waals surface area contributed by atoms with Crippen LogP contribution in [0.1, 0.15) is 20.8 Å². The minimum atomic E-state index is -0.192. The van der Waals surface area contributed by atoms with Crippen molar-refractivity contribution in [3.63, 3.8) is 0 Å². The molecule has 1 amide bonds. The van der Waals surface area contributed by atoms with Crippen molar-refractivity contribution in [2.75, 3.05) is 5.32 Å². The van der Waals surface area contributed by atoms with Gasteiger partial charge in [-0.15, -0.1) is 11.3 Å². The van der Waals surface area contributed by atoms with Crippen LogP contribution in [0.5, 0.6) is 0 Å². The van der Waals surface area contributed by atoms with Crippen molar-refractivity contribution in [3.8, 4) is 0 Å². The number of ketones is 1. The van der Waals surface area contributed by atoms with Gasteiger partial charge in [0.05, 0.1) is 16.4 Å². The first-order valence-corrected chi connectivity index (χ1v) is 9.45. The molecule has 126 valence electrons. The van der Waals surface area contributed by atoms with Gasteiger partial charge in [-0.2, -0.15) is 0 Å². The molecule has 0 aliphatic heterocycles. The third-order valence-electron chi connectivity index (χ3n) is 3.50. The average molecular weight is 435 g/mol. The number of anilines is 1. The number of halogens is 2. The Balaban J connectivity index is 1.84. The molecule has 3 nitrogen and oxygen atoms in total. The molecule has 0 unspecified atom stereocenters. The maximum Gasteiger partial charge on any atom is 0.229 e. The first kappa shape index (κ1) is 17.9. The van der Waals surface area contributed by atoms with Crippen molar-refractivity contribution < 1.29 is 9.59 Å². The molecule has 25 heavy (non-hydrogen) atoms. The zero-order chi connectivity index (χ0) is 17.8. The van der Waals surface area contributed by atoms with Crippen LogP contribution in [0, 0.1) is 0 Å². The lowest BCUT2D eigenvalue weighted by Crippen LogP contribution is -2.16. The molecule has 0 spiro atoms. The Labute approximate surface area is 162 Å². The van der Waals surface area contributed by atoms with Crippen LogP contribution >= 0.6 is 38.9 Å². The average Bonchev–Trinajstić information content (AvgIpc) is 3.01. The lowest BCUT2D eigenvalue weighted by atomic mass is 10.0. The Bertz CT molecular complexity index is 924. The number of hydrogen-bond donors (Lipinski definition) is 1. The van der Waals surface area contributed by atoms with Gasteiger partial charge in [-0.3, -0.25) is 9.59 Å². The van der Waals surface area contributed by atoms with E-state index in [0.717, 1.165) is 9.35 Å². The van der Waals surface area contributed by atoms with Crippen LogP contribution in [0.4, 0.5) is 5.69 Å². The van der Waals surface area contributed by atoms with Gasteiger partial charge < -0.3 is 5.32 Å². The molecular formula is C19H13BrClNO2S. The van der Waals surface area contributed by atoms with Gasteiger partial charge in [0.2, 0.25) is 5.91 Å². The molecule has 3 aromatic rings. The van der Waals surface area contributed by atoms with Gasteiger partial charge in [0.25, 0.3) is 0 Å². The molecule has 0 saturated carbocycles. The summed E-state index contributed by atoms with van der Waals surface area (Å²) in [5, 5.41) is 2.83. The van der Waals surface area contributed by atoms with E-state index in [1.165, 1.54) is 11.3 Å². The Hall–Kier alpha value is -1.95. The quantitative estimate of drug-likeness (QED) is 0.533. The van der Waals surface area contributed by atoms with Gasteiger partial charge in [0.1, 0.15) is 0 Å². The van der Waals surface area contributed by atoms with Gasteiger partial charge in [0.15, 0.2) is 5.78 Å². The largest absolute Gasteiger partial charge is 0.325 e. The topological polar surface area (TPSA) is 46.2 Å². The molecule has 2 aromatic carbocycles. The molecule has 0 fully saturated rings. The fraction of sp³-hybridized carbons (Fsp3) is 0.0526. The third kappa shape index (κ3) is 4.57. The second-order valence-electron chi connectivity index (χ2n) is 5.32. The summed E-state index contributed by atoms with van der Waals surface area (Å²) in [6.07, 6.45) is 0.215. The first-order valence-electron chi connectivity index (χ1n) is 7.46. The number of carbonyl (C=O) groups is 2. The SMILES string of the molecule is O=C(Cc1ccc(Cl)s1)Nc1ccc(Br)cc1C(=O)c1ccccc1. The molecule has 1 aromatic heterocycles. The van der Waals surface area contributed by atoms with E-state index in [4.69, 9.17) is 11.6 Å². The normalized spacial score (nSPS) is 10.5. The standard InChI is InChI=1S/C19H13BrClNO2S/c20-13-6-8-16(22-18(23)11-14-7-9-17(21)25-14)15(10-13)19(24)12-4-2-1-3-5-12/h1-10H,11H2,(H,22,23). The van der Waals surface area contributed by atoms with Crippen LogP contribution in [-0.4, -0.2) is 11.7 Å². The summed E-state index contributed by atoms with van der Waals surface area (Å²) in [4.78, 5) is 26.0. The highest BCUT2D eigenvalue weighted by Gasteiger charge is 2.16. The Kier molecular flexibility index (Phi) is 5.68. The van der Waals surface area contributed by atoms with Crippen LogP contribution in [-0.2, 0) is 11.2 Å². The highest BCUT2D eigenvalue weighted by atomic mass is 79.9. The smallest absolute Gasteiger partial charge is 0.229 e. The molecule has 0 atom stereocenters. The maximum atomic E-state index is 12.8. The van der Waals surface area contributed by atoms with Crippen molar-refractivity contribution in [1.82, 2.24) is 0 Å². The van der Waals surface area contributed by atoms with Crippen LogP contribution < -0.4 is 5.32 Å². The zero-order valence-corrected chi connectivity index (χ0v) is 16.1. The van der Waals surface area contributed by atoms with Gasteiger partial charge in [-0.1, -0.05) is 57.9 Å². The van der Waals surface area contributed by atoms with E-state index in [-0.39, 0.29) is 18.1 Å². The second-order valence-corrected chi connectivity index (χ2v) is 8.03. The van der Waals surface area contributed by atoms with Crippen LogP contribution in [0.2, 0.25) is 4.34 Å². The van der Waals surface area contributed by atoms with Crippen LogP contribution in [0.15, 0.2) is 65.1 Å². The number of thiophene rings is 1. The fourth-order valence-electron chi connectivity index (χ4n) is 2.36. The van der Waals surface area contributed by atoms with E-state index in [0.29, 0.717) is 21.2 Å². The molecule has 3 rings (SSSR count). The van der Waals surface area contributed by atoms with Crippen LogP contribution in [0.3, 0.4) is 0 Å². The number of nitrogens with one attached hydrogen (secondary N) is 1.